The van der Waals surface area contributed by atoms with Gasteiger partial charge < -0.3 is 4.74 Å². The molecular weight excluding hydrogens is 180 g/mol. The smallest absolute Gasteiger partial charge is 0.124 e. The van der Waals surface area contributed by atoms with E-state index < -0.39 is 0 Å². The fourth-order valence-electron chi connectivity index (χ4n) is 1.25. The van der Waals surface area contributed by atoms with Crippen LogP contribution in [0.4, 0.5) is 0 Å². The molecule has 0 unspecified atom stereocenters. The van der Waals surface area contributed by atoms with Crippen molar-refractivity contribution >= 4 is 12.6 Å². The van der Waals surface area contributed by atoms with Gasteiger partial charge in [0.2, 0.25) is 0 Å². The van der Waals surface area contributed by atoms with Gasteiger partial charge in [-0.25, -0.2) is 0 Å². The van der Waals surface area contributed by atoms with E-state index in [4.69, 9.17) is 4.74 Å². The summed E-state index contributed by atoms with van der Waals surface area (Å²) in [5.74, 6) is 0.961. The van der Waals surface area contributed by atoms with Gasteiger partial charge in [-0.3, -0.25) is 0 Å². The Bertz CT molecular complexity index is 246. The van der Waals surface area contributed by atoms with E-state index in [9.17, 15) is 0 Å². The lowest BCUT2D eigenvalue weighted by atomic mass is 10.1. The van der Waals surface area contributed by atoms with E-state index in [-0.39, 0.29) is 0 Å². The van der Waals surface area contributed by atoms with Crippen molar-refractivity contribution in [3.63, 3.8) is 0 Å². The molecule has 0 amide bonds. The van der Waals surface area contributed by atoms with Crippen molar-refractivity contribution in [2.24, 2.45) is 0 Å². The molecule has 0 fully saturated rings. The Balaban J connectivity index is 0.000000671. The van der Waals surface area contributed by atoms with E-state index in [1.165, 1.54) is 0 Å². The van der Waals surface area contributed by atoms with Gasteiger partial charge in [-0.05, 0) is 37.1 Å². The minimum atomic E-state index is 0.961. The van der Waals surface area contributed by atoms with Gasteiger partial charge >= 0.3 is 0 Å². The first kappa shape index (κ1) is 12.4. The fraction of sp³-hybridized carbons (Fsp3) is 0.455. The second kappa shape index (κ2) is 5.92. The molecule has 0 aliphatic carbocycles. The Labute approximate surface area is 86.5 Å². The van der Waals surface area contributed by atoms with Gasteiger partial charge in [0.1, 0.15) is 5.75 Å². The van der Waals surface area contributed by atoms with Crippen LogP contribution in [0.25, 0.3) is 0 Å². The highest BCUT2D eigenvalue weighted by Crippen LogP contribution is 2.25. The fourth-order valence-corrected chi connectivity index (χ4v) is 1.64. The Morgan fingerprint density at radius 1 is 1.08 bits per heavy atom. The molecule has 0 N–H and O–H groups in total. The summed E-state index contributed by atoms with van der Waals surface area (Å²) < 4.78 is 5.20. The Kier molecular flexibility index (Phi) is 5.63. The zero-order valence-corrected chi connectivity index (χ0v) is 9.90. The Morgan fingerprint density at radius 3 is 1.77 bits per heavy atom. The van der Waals surface area contributed by atoms with Crippen LogP contribution >= 0.6 is 12.6 Å². The van der Waals surface area contributed by atoms with Crippen LogP contribution in [0, 0.1) is 13.8 Å². The van der Waals surface area contributed by atoms with Gasteiger partial charge in [0, 0.05) is 4.90 Å². The van der Waals surface area contributed by atoms with E-state index in [0.29, 0.717) is 0 Å². The molecule has 1 nitrogen and oxygen atoms in total. The van der Waals surface area contributed by atoms with Crippen molar-refractivity contribution in [2.75, 3.05) is 7.11 Å². The number of ether oxygens (including phenoxy) is 1. The van der Waals surface area contributed by atoms with E-state index >= 15 is 0 Å². The highest BCUT2D eigenvalue weighted by molar-refractivity contribution is 7.80. The molecule has 1 rings (SSSR count). The highest BCUT2D eigenvalue weighted by atomic mass is 32.1. The minimum Gasteiger partial charge on any atom is -0.496 e. The summed E-state index contributed by atoms with van der Waals surface area (Å²) in [4.78, 5) is 0.987. The predicted octanol–water partition coefficient (Wildman–Crippen LogP) is 3.63. The quantitative estimate of drug-likeness (QED) is 0.678. The molecule has 1 aromatic rings. The lowest BCUT2D eigenvalue weighted by Crippen LogP contribution is -1.90. The molecule has 0 aromatic heterocycles. The maximum Gasteiger partial charge on any atom is 0.124 e. The topological polar surface area (TPSA) is 9.23 Å². The summed E-state index contributed by atoms with van der Waals surface area (Å²) in [6.45, 7) is 8.04. The largest absolute Gasteiger partial charge is 0.496 e. The summed E-state index contributed by atoms with van der Waals surface area (Å²) in [5, 5.41) is 0. The first-order chi connectivity index (χ1) is 6.15. The lowest BCUT2D eigenvalue weighted by Gasteiger charge is -2.08. The summed E-state index contributed by atoms with van der Waals surface area (Å²) in [6.07, 6.45) is 0. The van der Waals surface area contributed by atoms with Crippen LogP contribution < -0.4 is 4.74 Å². The predicted molar refractivity (Wildman–Crippen MR) is 61.1 cm³/mol. The van der Waals surface area contributed by atoms with Crippen molar-refractivity contribution in [3.8, 4) is 5.75 Å². The summed E-state index contributed by atoms with van der Waals surface area (Å²) >= 11 is 4.25. The Hall–Kier alpha value is -0.630. The lowest BCUT2D eigenvalue weighted by molar-refractivity contribution is 0.408. The average molecular weight is 198 g/mol. The van der Waals surface area contributed by atoms with Gasteiger partial charge in [0.05, 0.1) is 7.11 Å². The number of hydrogen-bond donors (Lipinski definition) is 1. The minimum absolute atomic E-state index is 0.961. The van der Waals surface area contributed by atoms with Crippen molar-refractivity contribution in [3.05, 3.63) is 23.3 Å². The van der Waals surface area contributed by atoms with Crippen LogP contribution in [-0.2, 0) is 0 Å². The number of benzene rings is 1. The van der Waals surface area contributed by atoms with Crippen LogP contribution in [0.3, 0.4) is 0 Å². The highest BCUT2D eigenvalue weighted by Gasteiger charge is 2.02. The van der Waals surface area contributed by atoms with Gasteiger partial charge in [0.15, 0.2) is 0 Å². The maximum absolute atomic E-state index is 5.20. The maximum atomic E-state index is 5.20. The molecule has 0 atom stereocenters. The van der Waals surface area contributed by atoms with Crippen molar-refractivity contribution in [1.29, 1.82) is 0 Å². The number of methoxy groups -OCH3 is 1. The zero-order valence-electron chi connectivity index (χ0n) is 9.01. The molecule has 13 heavy (non-hydrogen) atoms. The van der Waals surface area contributed by atoms with Crippen LogP contribution in [0.15, 0.2) is 17.0 Å². The monoisotopic (exact) mass is 198 g/mol. The van der Waals surface area contributed by atoms with Gasteiger partial charge in [0.25, 0.3) is 0 Å². The van der Waals surface area contributed by atoms with Gasteiger partial charge in [-0.2, -0.15) is 0 Å². The summed E-state index contributed by atoms with van der Waals surface area (Å²) in [5.41, 5.74) is 2.27. The van der Waals surface area contributed by atoms with E-state index in [1.54, 1.807) is 7.11 Å². The van der Waals surface area contributed by atoms with Crippen LogP contribution in [0.5, 0.6) is 5.75 Å². The first-order valence-corrected chi connectivity index (χ1v) is 4.94. The second-order valence-corrected chi connectivity index (χ2v) is 3.13. The molecule has 0 aliphatic rings. The SMILES string of the molecule is CC.COc1c(C)cc(S)cc1C. The molecule has 0 heterocycles. The Morgan fingerprint density at radius 2 is 1.46 bits per heavy atom. The number of aryl methyl sites for hydroxylation is 2. The third-order valence-electron chi connectivity index (χ3n) is 1.65. The molecular formula is C11H18OS. The van der Waals surface area contributed by atoms with Gasteiger partial charge in [-0.15, -0.1) is 12.6 Å². The molecule has 1 aromatic carbocycles. The molecule has 0 saturated heterocycles. The molecule has 0 aliphatic heterocycles. The first-order valence-electron chi connectivity index (χ1n) is 4.49. The molecule has 0 spiro atoms. The number of hydrogen-bond acceptors (Lipinski definition) is 2. The average Bonchev–Trinajstić information content (AvgIpc) is 2.07. The third kappa shape index (κ3) is 3.31. The molecule has 0 radical (unpaired) electrons. The standard InChI is InChI=1S/C9H12OS.C2H6/c1-6-4-8(11)5-7(2)9(6)10-3;1-2/h4-5,11H,1-3H3;1-2H3. The molecule has 0 saturated carbocycles. The normalized spacial score (nSPS) is 8.77. The van der Waals surface area contributed by atoms with Crippen LogP contribution in [-0.4, -0.2) is 7.11 Å². The summed E-state index contributed by atoms with van der Waals surface area (Å²) in [7, 11) is 1.69. The van der Waals surface area contributed by atoms with Crippen molar-refractivity contribution in [1.82, 2.24) is 0 Å². The zero-order chi connectivity index (χ0) is 10.4. The molecule has 74 valence electrons. The molecule has 2 heteroatoms. The van der Waals surface area contributed by atoms with E-state index in [2.05, 4.69) is 12.6 Å². The number of rotatable bonds is 1. The summed E-state index contributed by atoms with van der Waals surface area (Å²) in [6, 6.07) is 3.99. The van der Waals surface area contributed by atoms with Gasteiger partial charge in [-0.1, -0.05) is 13.8 Å². The second-order valence-electron chi connectivity index (χ2n) is 2.61. The van der Waals surface area contributed by atoms with Crippen molar-refractivity contribution in [2.45, 2.75) is 32.6 Å². The van der Waals surface area contributed by atoms with Crippen LogP contribution in [0.1, 0.15) is 25.0 Å². The van der Waals surface area contributed by atoms with E-state index in [1.807, 2.05) is 39.8 Å². The number of thiol groups is 1. The molecule has 0 bridgehead atoms. The van der Waals surface area contributed by atoms with Crippen molar-refractivity contribution < 1.29 is 4.74 Å². The van der Waals surface area contributed by atoms with Crippen LogP contribution in [0.2, 0.25) is 0 Å². The van der Waals surface area contributed by atoms with E-state index in [0.717, 1.165) is 21.8 Å². The third-order valence-corrected chi connectivity index (χ3v) is 1.91.